The van der Waals surface area contributed by atoms with E-state index in [1.54, 1.807) is 6.07 Å². The van der Waals surface area contributed by atoms with Crippen LogP contribution in [-0.2, 0) is 16.0 Å². The first-order valence-corrected chi connectivity index (χ1v) is 15.6. The normalized spacial score (nSPS) is 11.2. The number of esters is 1. The van der Waals surface area contributed by atoms with Gasteiger partial charge in [0.25, 0.3) is 5.91 Å². The number of hydrogen-bond donors (Lipinski definition) is 3. The van der Waals surface area contributed by atoms with Crippen molar-refractivity contribution in [1.82, 2.24) is 9.97 Å². The molecule has 1 heterocycles. The number of carbonyl (C=O) groups is 2. The molecule has 240 valence electrons. The molecule has 0 atom stereocenters. The summed E-state index contributed by atoms with van der Waals surface area (Å²) >= 11 is 0. The predicted octanol–water partition coefficient (Wildman–Crippen LogP) is 8.88. The summed E-state index contributed by atoms with van der Waals surface area (Å²) in [5.41, 5.74) is 18.0. The van der Waals surface area contributed by atoms with Gasteiger partial charge in [-0.15, -0.1) is 0 Å². The van der Waals surface area contributed by atoms with E-state index in [0.29, 0.717) is 18.4 Å². The standard InChI is InChI=1S/C31H35N3O3.C8H11N/c1-18-8-11-24(16-19(18)2)32-30(36)23-10-12-25-26(17-23)34-29(33-25)28-20(3)14-22(15-21(28)4)9-13-27(35)37-31(5,6)7;1-6-3-4-8(9)5-7(6)2/h8,10-12,14-17H,9,13H2,1-7H3,(H,32,36)(H,33,34);3-5H,9H2,1-2H3. The molecule has 0 bridgehead atoms. The fourth-order valence-electron chi connectivity index (χ4n) is 5.27. The van der Waals surface area contributed by atoms with Crippen LogP contribution in [0.5, 0.6) is 0 Å². The lowest BCUT2D eigenvalue weighted by molar-refractivity contribution is -0.154. The molecule has 4 N–H and O–H groups in total. The van der Waals surface area contributed by atoms with Gasteiger partial charge in [0.15, 0.2) is 0 Å². The maximum Gasteiger partial charge on any atom is 0.306 e. The molecule has 0 saturated heterocycles. The van der Waals surface area contributed by atoms with Crippen molar-refractivity contribution >= 4 is 34.3 Å². The average Bonchev–Trinajstić information content (AvgIpc) is 3.38. The lowest BCUT2D eigenvalue weighted by Gasteiger charge is -2.19. The Bertz CT molecular complexity index is 1870. The van der Waals surface area contributed by atoms with E-state index in [9.17, 15) is 9.59 Å². The summed E-state index contributed by atoms with van der Waals surface area (Å²) in [5, 5.41) is 2.98. The number of benzene rings is 4. The molecular weight excluding hydrogens is 572 g/mol. The lowest BCUT2D eigenvalue weighted by atomic mass is 9.96. The Balaban J connectivity index is 0.000000459. The second-order valence-corrected chi connectivity index (χ2v) is 13.1. The van der Waals surface area contributed by atoms with Crippen LogP contribution in [-0.4, -0.2) is 27.4 Å². The van der Waals surface area contributed by atoms with Crippen LogP contribution in [0, 0.1) is 41.5 Å². The number of fused-ring (bicyclic) bond motifs is 1. The van der Waals surface area contributed by atoms with Crippen molar-refractivity contribution in [2.24, 2.45) is 0 Å². The molecule has 7 nitrogen and oxygen atoms in total. The van der Waals surface area contributed by atoms with Gasteiger partial charge in [-0.3, -0.25) is 9.59 Å². The molecule has 0 aliphatic rings. The average molecular weight is 619 g/mol. The van der Waals surface area contributed by atoms with Gasteiger partial charge in [0.05, 0.1) is 11.0 Å². The second-order valence-electron chi connectivity index (χ2n) is 13.1. The molecule has 0 radical (unpaired) electrons. The van der Waals surface area contributed by atoms with E-state index in [4.69, 9.17) is 15.5 Å². The number of ether oxygens (including phenoxy) is 1. The highest BCUT2D eigenvalue weighted by Gasteiger charge is 2.18. The maximum absolute atomic E-state index is 12.9. The molecule has 0 unspecified atom stereocenters. The van der Waals surface area contributed by atoms with Gasteiger partial charge in [-0.25, -0.2) is 4.98 Å². The lowest BCUT2D eigenvalue weighted by Crippen LogP contribution is -2.24. The molecule has 0 spiro atoms. The van der Waals surface area contributed by atoms with Gasteiger partial charge in [0.1, 0.15) is 11.4 Å². The number of amides is 1. The van der Waals surface area contributed by atoms with E-state index in [-0.39, 0.29) is 11.9 Å². The largest absolute Gasteiger partial charge is 0.460 e. The minimum Gasteiger partial charge on any atom is -0.460 e. The smallest absolute Gasteiger partial charge is 0.306 e. The van der Waals surface area contributed by atoms with Gasteiger partial charge in [-0.05, 0) is 150 Å². The SMILES string of the molecule is Cc1ccc(N)cc1C.Cc1ccc(NC(=O)c2ccc3nc(-c4c(C)cc(CCC(=O)OC(C)(C)C)cc4C)[nH]c3c2)cc1C. The van der Waals surface area contributed by atoms with Crippen LogP contribution in [0.25, 0.3) is 22.4 Å². The van der Waals surface area contributed by atoms with Crippen molar-refractivity contribution < 1.29 is 14.3 Å². The number of nitrogens with one attached hydrogen (secondary N) is 2. The fraction of sp³-hybridized carbons (Fsp3) is 0.308. The first-order chi connectivity index (χ1) is 21.6. The van der Waals surface area contributed by atoms with Gasteiger partial charge in [-0.1, -0.05) is 24.3 Å². The highest BCUT2D eigenvalue weighted by Crippen LogP contribution is 2.29. The monoisotopic (exact) mass is 618 g/mol. The van der Waals surface area contributed by atoms with Crippen LogP contribution < -0.4 is 11.1 Å². The number of aromatic amines is 1. The summed E-state index contributed by atoms with van der Waals surface area (Å²) in [4.78, 5) is 33.2. The van der Waals surface area contributed by atoms with E-state index in [1.807, 2.05) is 83.1 Å². The second kappa shape index (κ2) is 14.0. The van der Waals surface area contributed by atoms with Crippen LogP contribution >= 0.6 is 0 Å². The molecule has 1 amide bonds. The minimum absolute atomic E-state index is 0.164. The number of rotatable bonds is 6. The van der Waals surface area contributed by atoms with Crippen molar-refractivity contribution in [1.29, 1.82) is 0 Å². The number of anilines is 2. The van der Waals surface area contributed by atoms with Crippen LogP contribution in [0.2, 0.25) is 0 Å². The third kappa shape index (κ3) is 8.84. The number of hydrogen-bond acceptors (Lipinski definition) is 5. The quantitative estimate of drug-likeness (QED) is 0.130. The van der Waals surface area contributed by atoms with Crippen molar-refractivity contribution in [2.45, 2.75) is 80.8 Å². The van der Waals surface area contributed by atoms with Gasteiger partial charge < -0.3 is 20.8 Å². The summed E-state index contributed by atoms with van der Waals surface area (Å²) in [6, 6.07) is 21.5. The number of H-pyrrole nitrogens is 1. The van der Waals surface area contributed by atoms with E-state index >= 15 is 0 Å². The van der Waals surface area contributed by atoms with Crippen molar-refractivity contribution in [3.63, 3.8) is 0 Å². The fourth-order valence-corrected chi connectivity index (χ4v) is 5.27. The molecule has 0 aliphatic heterocycles. The molecule has 0 fully saturated rings. The molecule has 5 aromatic rings. The van der Waals surface area contributed by atoms with E-state index in [1.165, 1.54) is 16.7 Å². The van der Waals surface area contributed by atoms with Gasteiger partial charge in [0.2, 0.25) is 0 Å². The highest BCUT2D eigenvalue weighted by atomic mass is 16.6. The number of nitrogens with zero attached hydrogens (tertiary/aromatic N) is 1. The number of aromatic nitrogens is 2. The Morgan fingerprint density at radius 2 is 1.41 bits per heavy atom. The van der Waals surface area contributed by atoms with Crippen LogP contribution in [0.4, 0.5) is 11.4 Å². The topological polar surface area (TPSA) is 110 Å². The summed E-state index contributed by atoms with van der Waals surface area (Å²) in [6.45, 7) is 17.9. The predicted molar refractivity (Wildman–Crippen MR) is 189 cm³/mol. The summed E-state index contributed by atoms with van der Waals surface area (Å²) in [6.07, 6.45) is 0.961. The number of carbonyl (C=O) groups excluding carboxylic acids is 2. The Labute approximate surface area is 272 Å². The van der Waals surface area contributed by atoms with E-state index < -0.39 is 5.60 Å². The maximum atomic E-state index is 12.9. The van der Waals surface area contributed by atoms with Crippen molar-refractivity contribution in [2.75, 3.05) is 11.1 Å². The summed E-state index contributed by atoms with van der Waals surface area (Å²) in [5.74, 6) is 0.403. The molecule has 1 aromatic heterocycles. The molecule has 0 saturated carbocycles. The first kappa shape index (κ1) is 34.0. The Hall–Kier alpha value is -4.91. The molecule has 5 rings (SSSR count). The Morgan fingerprint density at radius 3 is 2.00 bits per heavy atom. The number of nitrogen functional groups attached to an aromatic ring is 1. The molecule has 4 aromatic carbocycles. The molecule has 7 heteroatoms. The first-order valence-electron chi connectivity index (χ1n) is 15.6. The third-order valence-corrected chi connectivity index (χ3v) is 7.91. The van der Waals surface area contributed by atoms with Crippen molar-refractivity contribution in [3.8, 4) is 11.4 Å². The number of aryl methyl sites for hydroxylation is 7. The summed E-state index contributed by atoms with van der Waals surface area (Å²) < 4.78 is 5.43. The molecule has 0 aliphatic carbocycles. The Kier molecular flexibility index (Phi) is 10.4. The molecular formula is C39H46N4O3. The minimum atomic E-state index is -0.478. The number of nitrogens with two attached hydrogens (primary N) is 1. The van der Waals surface area contributed by atoms with E-state index in [2.05, 4.69) is 50.1 Å². The van der Waals surface area contributed by atoms with Crippen LogP contribution in [0.1, 0.15) is 76.5 Å². The zero-order valence-corrected chi connectivity index (χ0v) is 28.5. The van der Waals surface area contributed by atoms with Crippen molar-refractivity contribution in [3.05, 3.63) is 111 Å². The molecule has 46 heavy (non-hydrogen) atoms. The van der Waals surface area contributed by atoms with Gasteiger partial charge in [-0.2, -0.15) is 0 Å². The van der Waals surface area contributed by atoms with Gasteiger partial charge in [0, 0.05) is 28.9 Å². The zero-order chi connectivity index (χ0) is 33.8. The highest BCUT2D eigenvalue weighted by molar-refractivity contribution is 6.06. The summed E-state index contributed by atoms with van der Waals surface area (Å²) in [7, 11) is 0. The Morgan fingerprint density at radius 1 is 0.783 bits per heavy atom. The zero-order valence-electron chi connectivity index (χ0n) is 28.5. The number of imidazole rings is 1. The van der Waals surface area contributed by atoms with Gasteiger partial charge >= 0.3 is 5.97 Å². The van der Waals surface area contributed by atoms with Crippen LogP contribution in [0.15, 0.2) is 66.7 Å². The van der Waals surface area contributed by atoms with Crippen LogP contribution in [0.3, 0.4) is 0 Å². The third-order valence-electron chi connectivity index (χ3n) is 7.91. The van der Waals surface area contributed by atoms with E-state index in [0.717, 1.165) is 56.0 Å².